The fraction of sp³-hybridized carbons (Fsp3) is 0.562. The Morgan fingerprint density at radius 1 is 1.48 bits per heavy atom. The molecule has 2 N–H and O–H groups in total. The molecule has 1 atom stereocenters. The monoisotopic (exact) mass is 458 g/mol. The molecule has 1 unspecified atom stereocenters. The minimum atomic E-state index is 0. The molecule has 9 heteroatoms. The van der Waals surface area contributed by atoms with Crippen LogP contribution < -0.4 is 5.32 Å². The van der Waals surface area contributed by atoms with E-state index in [9.17, 15) is 0 Å². The fourth-order valence-corrected chi connectivity index (χ4v) is 3.47. The summed E-state index contributed by atoms with van der Waals surface area (Å²) < 4.78 is 10.9. The van der Waals surface area contributed by atoms with E-state index < -0.39 is 0 Å². The minimum absolute atomic E-state index is 0. The lowest BCUT2D eigenvalue weighted by Crippen LogP contribution is -2.41. The molecule has 0 bridgehead atoms. The van der Waals surface area contributed by atoms with E-state index >= 15 is 0 Å². The van der Waals surface area contributed by atoms with Gasteiger partial charge in [-0.05, 0) is 25.0 Å². The van der Waals surface area contributed by atoms with Crippen molar-refractivity contribution in [2.24, 2.45) is 10.4 Å². The zero-order valence-electron chi connectivity index (χ0n) is 14.2. The van der Waals surface area contributed by atoms with Crippen LogP contribution in [0.4, 0.5) is 0 Å². The molecular formula is C16H23IN6O2. The van der Waals surface area contributed by atoms with E-state index in [4.69, 9.17) is 9.15 Å². The highest BCUT2D eigenvalue weighted by atomic mass is 127. The van der Waals surface area contributed by atoms with Crippen LogP contribution in [0.25, 0.3) is 11.6 Å². The Bertz CT molecular complexity index is 708. The van der Waals surface area contributed by atoms with E-state index in [1.165, 1.54) is 6.42 Å². The Morgan fingerprint density at radius 2 is 2.40 bits per heavy atom. The normalized spacial score (nSPS) is 23.2. The smallest absolute Gasteiger partial charge is 0.216 e. The molecule has 0 aromatic carbocycles. The number of nitrogens with zero attached hydrogens (tertiary/aromatic N) is 4. The van der Waals surface area contributed by atoms with Gasteiger partial charge in [0.05, 0.1) is 19.4 Å². The standard InChI is InChI=1S/C16H22N6O2.HI/c1-17-15(22-6-4-16(10-22)5-8-23-11-16)18-9-13-19-14(21-20-13)12-3-2-7-24-12;/h2-3,7H,4-6,8-11H2,1H3,(H,17,18)(H,19,20,21);1H. The predicted molar refractivity (Wildman–Crippen MR) is 104 cm³/mol. The van der Waals surface area contributed by atoms with Crippen molar-refractivity contribution in [2.45, 2.75) is 19.4 Å². The van der Waals surface area contributed by atoms with E-state index in [1.807, 2.05) is 19.2 Å². The van der Waals surface area contributed by atoms with Crippen molar-refractivity contribution in [3.63, 3.8) is 0 Å². The third kappa shape index (κ3) is 3.81. The van der Waals surface area contributed by atoms with Crippen LogP contribution in [0.1, 0.15) is 18.7 Å². The lowest BCUT2D eigenvalue weighted by atomic mass is 9.87. The van der Waals surface area contributed by atoms with Gasteiger partial charge in [-0.1, -0.05) is 0 Å². The van der Waals surface area contributed by atoms with Gasteiger partial charge in [0.1, 0.15) is 5.82 Å². The number of rotatable bonds is 3. The molecule has 2 aliphatic heterocycles. The molecule has 2 aromatic heterocycles. The van der Waals surface area contributed by atoms with E-state index in [0.29, 0.717) is 23.5 Å². The summed E-state index contributed by atoms with van der Waals surface area (Å²) in [4.78, 5) is 11.2. The Balaban J connectivity index is 0.00000182. The third-order valence-corrected chi connectivity index (χ3v) is 4.82. The Morgan fingerprint density at radius 3 is 3.12 bits per heavy atom. The summed E-state index contributed by atoms with van der Waals surface area (Å²) in [6.07, 6.45) is 3.93. The SMILES string of the molecule is CN=C(NCc1nc(-c2ccco2)n[nH]1)N1CCC2(CCOC2)C1.I. The highest BCUT2D eigenvalue weighted by molar-refractivity contribution is 14.0. The fourth-order valence-electron chi connectivity index (χ4n) is 3.47. The molecule has 2 aliphatic rings. The summed E-state index contributed by atoms with van der Waals surface area (Å²) >= 11 is 0. The molecular weight excluding hydrogens is 435 g/mol. The molecule has 2 aromatic rings. The van der Waals surface area contributed by atoms with Gasteiger partial charge < -0.3 is 19.4 Å². The number of likely N-dealkylation sites (tertiary alicyclic amines) is 1. The predicted octanol–water partition coefficient (Wildman–Crippen LogP) is 1.87. The van der Waals surface area contributed by atoms with E-state index in [0.717, 1.165) is 44.5 Å². The zero-order chi connectivity index (χ0) is 16.4. The highest BCUT2D eigenvalue weighted by Gasteiger charge is 2.42. The van der Waals surface area contributed by atoms with Crippen LogP contribution in [0.2, 0.25) is 0 Å². The lowest BCUT2D eigenvalue weighted by molar-refractivity contribution is 0.156. The molecule has 4 heterocycles. The molecule has 0 amide bonds. The minimum Gasteiger partial charge on any atom is -0.461 e. The zero-order valence-corrected chi connectivity index (χ0v) is 16.5. The van der Waals surface area contributed by atoms with Gasteiger partial charge in [0, 0.05) is 32.2 Å². The number of aromatic nitrogens is 3. The summed E-state index contributed by atoms with van der Waals surface area (Å²) in [5.74, 6) is 2.87. The largest absolute Gasteiger partial charge is 0.461 e. The molecule has 136 valence electrons. The van der Waals surface area contributed by atoms with E-state index in [2.05, 4.69) is 30.4 Å². The average molecular weight is 458 g/mol. The molecule has 0 saturated carbocycles. The van der Waals surface area contributed by atoms with Crippen molar-refractivity contribution in [2.75, 3.05) is 33.4 Å². The van der Waals surface area contributed by atoms with Gasteiger partial charge in [0.25, 0.3) is 0 Å². The maximum absolute atomic E-state index is 5.59. The van der Waals surface area contributed by atoms with Crippen molar-refractivity contribution in [1.82, 2.24) is 25.4 Å². The van der Waals surface area contributed by atoms with Crippen molar-refractivity contribution >= 4 is 29.9 Å². The van der Waals surface area contributed by atoms with Crippen molar-refractivity contribution < 1.29 is 9.15 Å². The maximum Gasteiger partial charge on any atom is 0.216 e. The van der Waals surface area contributed by atoms with Crippen LogP contribution in [0, 0.1) is 5.41 Å². The summed E-state index contributed by atoms with van der Waals surface area (Å²) in [5, 5.41) is 10.5. The molecule has 25 heavy (non-hydrogen) atoms. The quantitative estimate of drug-likeness (QED) is 0.415. The third-order valence-electron chi connectivity index (χ3n) is 4.82. The number of ether oxygens (including phenoxy) is 1. The number of furan rings is 1. The molecule has 0 aliphatic carbocycles. The van der Waals surface area contributed by atoms with Crippen LogP contribution in [-0.2, 0) is 11.3 Å². The van der Waals surface area contributed by atoms with Gasteiger partial charge in [-0.25, -0.2) is 4.98 Å². The first-order valence-corrected chi connectivity index (χ1v) is 8.27. The Labute approximate surface area is 163 Å². The number of aromatic amines is 1. The lowest BCUT2D eigenvalue weighted by Gasteiger charge is -2.24. The molecule has 0 radical (unpaired) electrons. The van der Waals surface area contributed by atoms with Crippen LogP contribution in [0.3, 0.4) is 0 Å². The van der Waals surface area contributed by atoms with Crippen molar-refractivity contribution in [3.05, 3.63) is 24.2 Å². The van der Waals surface area contributed by atoms with Crippen LogP contribution in [0.15, 0.2) is 27.8 Å². The van der Waals surface area contributed by atoms with E-state index in [1.54, 1.807) is 6.26 Å². The van der Waals surface area contributed by atoms with Crippen LogP contribution >= 0.6 is 24.0 Å². The van der Waals surface area contributed by atoms with Gasteiger partial charge in [-0.15, -0.1) is 29.1 Å². The second-order valence-electron chi connectivity index (χ2n) is 6.46. The maximum atomic E-state index is 5.59. The first kappa shape index (κ1) is 18.2. The molecule has 2 fully saturated rings. The van der Waals surface area contributed by atoms with Crippen molar-refractivity contribution in [3.8, 4) is 11.6 Å². The van der Waals surface area contributed by atoms with Gasteiger partial charge >= 0.3 is 0 Å². The number of H-pyrrole nitrogens is 1. The number of nitrogens with one attached hydrogen (secondary N) is 2. The van der Waals surface area contributed by atoms with E-state index in [-0.39, 0.29) is 24.0 Å². The molecule has 2 saturated heterocycles. The average Bonchev–Trinajstić information content (AvgIpc) is 3.37. The molecule has 1 spiro atoms. The molecule has 4 rings (SSSR count). The molecule has 8 nitrogen and oxygen atoms in total. The van der Waals surface area contributed by atoms with Gasteiger partial charge in [0.2, 0.25) is 5.82 Å². The Kier molecular flexibility index (Phi) is 5.62. The number of aliphatic imine (C=N–C) groups is 1. The van der Waals surface area contributed by atoms with Gasteiger partial charge in [0.15, 0.2) is 11.7 Å². The number of halogens is 1. The topological polar surface area (TPSA) is 91.6 Å². The number of hydrogen-bond donors (Lipinski definition) is 2. The summed E-state index contributed by atoms with van der Waals surface area (Å²) in [5.41, 5.74) is 0.316. The summed E-state index contributed by atoms with van der Waals surface area (Å²) in [6.45, 7) is 4.31. The number of guanidine groups is 1. The van der Waals surface area contributed by atoms with Crippen LogP contribution in [0.5, 0.6) is 0 Å². The van der Waals surface area contributed by atoms with Gasteiger partial charge in [-0.3, -0.25) is 10.1 Å². The second kappa shape index (κ2) is 7.73. The highest BCUT2D eigenvalue weighted by Crippen LogP contribution is 2.38. The Hall–Kier alpha value is -1.62. The first-order chi connectivity index (χ1) is 11.8. The summed E-state index contributed by atoms with van der Waals surface area (Å²) in [7, 11) is 1.81. The van der Waals surface area contributed by atoms with Crippen molar-refractivity contribution in [1.29, 1.82) is 0 Å². The summed E-state index contributed by atoms with van der Waals surface area (Å²) in [6, 6.07) is 3.66. The second-order valence-corrected chi connectivity index (χ2v) is 6.46. The van der Waals surface area contributed by atoms with Crippen LogP contribution in [-0.4, -0.2) is 59.4 Å². The number of hydrogen-bond acceptors (Lipinski definition) is 5. The van der Waals surface area contributed by atoms with Gasteiger partial charge in [-0.2, -0.15) is 0 Å². The first-order valence-electron chi connectivity index (χ1n) is 8.27.